The molecule has 1 aromatic carbocycles. The first kappa shape index (κ1) is 20.5. The van der Waals surface area contributed by atoms with Crippen molar-refractivity contribution in [1.29, 1.82) is 0 Å². The fraction of sp³-hybridized carbons (Fsp3) is 0.600. The molecule has 0 aliphatic rings. The standard InChI is InChI=1S/C15H27N3O5S/c1-7-16-24(19,20)17-10-12(18(2)3)11-8-13(21-4)15(23-6)14(9-11)22-5/h8-9,12,16-17H,7,10H2,1-6H3. The predicted molar refractivity (Wildman–Crippen MR) is 93.1 cm³/mol. The SMILES string of the molecule is CCNS(=O)(=O)NCC(c1cc(OC)c(OC)c(OC)c1)N(C)C. The zero-order valence-corrected chi connectivity index (χ0v) is 15.9. The maximum Gasteiger partial charge on any atom is 0.276 e. The highest BCUT2D eigenvalue weighted by molar-refractivity contribution is 7.87. The Hall–Kier alpha value is -1.55. The van der Waals surface area contributed by atoms with Gasteiger partial charge in [0.25, 0.3) is 10.2 Å². The molecule has 0 bridgehead atoms. The molecule has 0 spiro atoms. The molecule has 0 heterocycles. The number of benzene rings is 1. The average Bonchev–Trinajstić information content (AvgIpc) is 2.53. The Bertz CT molecular complexity index is 609. The van der Waals surface area contributed by atoms with E-state index in [2.05, 4.69) is 9.44 Å². The average molecular weight is 361 g/mol. The Kier molecular flexibility index (Phi) is 7.74. The van der Waals surface area contributed by atoms with Gasteiger partial charge < -0.3 is 19.1 Å². The second kappa shape index (κ2) is 9.07. The molecule has 24 heavy (non-hydrogen) atoms. The van der Waals surface area contributed by atoms with Crippen LogP contribution in [0.2, 0.25) is 0 Å². The molecule has 0 aliphatic heterocycles. The minimum atomic E-state index is -3.53. The first-order valence-corrected chi connectivity index (χ1v) is 8.98. The van der Waals surface area contributed by atoms with Crippen LogP contribution >= 0.6 is 0 Å². The Morgan fingerprint density at radius 2 is 1.58 bits per heavy atom. The maximum atomic E-state index is 11.8. The van der Waals surface area contributed by atoms with Crippen molar-refractivity contribution in [3.63, 3.8) is 0 Å². The Labute approximate surface area is 144 Å². The lowest BCUT2D eigenvalue weighted by atomic mass is 10.0. The quantitative estimate of drug-likeness (QED) is 0.640. The number of methoxy groups -OCH3 is 3. The number of likely N-dealkylation sites (N-methyl/N-ethyl adjacent to an activating group) is 1. The molecule has 1 unspecified atom stereocenters. The monoisotopic (exact) mass is 361 g/mol. The summed E-state index contributed by atoms with van der Waals surface area (Å²) in [5.74, 6) is 1.54. The summed E-state index contributed by atoms with van der Waals surface area (Å²) in [5, 5.41) is 0. The summed E-state index contributed by atoms with van der Waals surface area (Å²) in [6, 6.07) is 3.41. The van der Waals surface area contributed by atoms with Gasteiger partial charge in [0.1, 0.15) is 0 Å². The molecule has 1 rings (SSSR count). The van der Waals surface area contributed by atoms with E-state index in [0.29, 0.717) is 23.8 Å². The largest absolute Gasteiger partial charge is 0.493 e. The van der Waals surface area contributed by atoms with Crippen LogP contribution in [0, 0.1) is 0 Å². The van der Waals surface area contributed by atoms with Crippen LogP contribution in [-0.2, 0) is 10.2 Å². The predicted octanol–water partition coefficient (Wildman–Crippen LogP) is 0.759. The summed E-state index contributed by atoms with van der Waals surface area (Å²) in [7, 11) is 4.83. The molecule has 0 saturated heterocycles. The zero-order chi connectivity index (χ0) is 18.3. The summed E-state index contributed by atoms with van der Waals surface area (Å²) >= 11 is 0. The third-order valence-electron chi connectivity index (χ3n) is 3.50. The number of hydrogen-bond donors (Lipinski definition) is 2. The van der Waals surface area contributed by atoms with E-state index >= 15 is 0 Å². The molecule has 0 aliphatic carbocycles. The van der Waals surface area contributed by atoms with Gasteiger partial charge in [0.05, 0.1) is 21.3 Å². The summed E-state index contributed by atoms with van der Waals surface area (Å²) in [6.45, 7) is 2.25. The number of ether oxygens (including phenoxy) is 3. The molecule has 8 nitrogen and oxygen atoms in total. The summed E-state index contributed by atoms with van der Waals surface area (Å²) < 4.78 is 44.6. The lowest BCUT2D eigenvalue weighted by Gasteiger charge is -2.26. The van der Waals surface area contributed by atoms with E-state index in [1.165, 1.54) is 7.11 Å². The normalized spacial score (nSPS) is 13.0. The van der Waals surface area contributed by atoms with Gasteiger partial charge in [-0.2, -0.15) is 8.42 Å². The van der Waals surface area contributed by atoms with E-state index in [9.17, 15) is 8.42 Å². The molecule has 1 aromatic rings. The van der Waals surface area contributed by atoms with Crippen molar-refractivity contribution in [2.75, 3.05) is 48.5 Å². The van der Waals surface area contributed by atoms with Gasteiger partial charge in [0.15, 0.2) is 11.5 Å². The molecule has 138 valence electrons. The molecular formula is C15H27N3O5S. The Morgan fingerprint density at radius 1 is 1.04 bits per heavy atom. The van der Waals surface area contributed by atoms with E-state index in [1.807, 2.05) is 31.1 Å². The van der Waals surface area contributed by atoms with Crippen molar-refractivity contribution in [3.8, 4) is 17.2 Å². The van der Waals surface area contributed by atoms with Gasteiger partial charge in [-0.3, -0.25) is 0 Å². The van der Waals surface area contributed by atoms with Crippen molar-refractivity contribution in [3.05, 3.63) is 17.7 Å². The fourth-order valence-corrected chi connectivity index (χ4v) is 3.18. The van der Waals surface area contributed by atoms with E-state index < -0.39 is 10.2 Å². The summed E-state index contributed by atoms with van der Waals surface area (Å²) in [4.78, 5) is 1.91. The van der Waals surface area contributed by atoms with Crippen LogP contribution in [0.5, 0.6) is 17.2 Å². The van der Waals surface area contributed by atoms with Gasteiger partial charge in [0.2, 0.25) is 5.75 Å². The van der Waals surface area contributed by atoms with E-state index in [1.54, 1.807) is 21.1 Å². The minimum Gasteiger partial charge on any atom is -0.493 e. The second-order valence-electron chi connectivity index (χ2n) is 5.29. The third kappa shape index (κ3) is 5.23. The van der Waals surface area contributed by atoms with E-state index in [4.69, 9.17) is 14.2 Å². The molecule has 0 aromatic heterocycles. The van der Waals surface area contributed by atoms with Gasteiger partial charge in [-0.15, -0.1) is 0 Å². The highest BCUT2D eigenvalue weighted by atomic mass is 32.2. The van der Waals surface area contributed by atoms with Crippen molar-refractivity contribution < 1.29 is 22.6 Å². The highest BCUT2D eigenvalue weighted by Crippen LogP contribution is 2.40. The molecule has 2 N–H and O–H groups in total. The van der Waals surface area contributed by atoms with Crippen LogP contribution in [0.15, 0.2) is 12.1 Å². The summed E-state index contributed by atoms with van der Waals surface area (Å²) in [5.41, 5.74) is 0.841. The van der Waals surface area contributed by atoms with Gasteiger partial charge in [-0.05, 0) is 31.8 Å². The number of hydrogen-bond acceptors (Lipinski definition) is 6. The smallest absolute Gasteiger partial charge is 0.276 e. The van der Waals surface area contributed by atoms with Gasteiger partial charge >= 0.3 is 0 Å². The van der Waals surface area contributed by atoms with Crippen LogP contribution in [-0.4, -0.2) is 61.8 Å². The first-order valence-electron chi connectivity index (χ1n) is 7.50. The van der Waals surface area contributed by atoms with Crippen LogP contribution in [0.3, 0.4) is 0 Å². The molecule has 9 heteroatoms. The molecule has 1 atom stereocenters. The van der Waals surface area contributed by atoms with Gasteiger partial charge in [-0.1, -0.05) is 6.92 Å². The Balaban J connectivity index is 3.17. The topological polar surface area (TPSA) is 89.1 Å². The zero-order valence-electron chi connectivity index (χ0n) is 15.0. The molecule has 0 saturated carbocycles. The van der Waals surface area contributed by atoms with Crippen LogP contribution < -0.4 is 23.7 Å². The van der Waals surface area contributed by atoms with Crippen LogP contribution in [0.4, 0.5) is 0 Å². The third-order valence-corrected chi connectivity index (χ3v) is 4.71. The molecule has 0 radical (unpaired) electrons. The fourth-order valence-electron chi connectivity index (χ4n) is 2.32. The lowest BCUT2D eigenvalue weighted by molar-refractivity contribution is 0.292. The molecule has 0 amide bonds. The minimum absolute atomic E-state index is 0.195. The van der Waals surface area contributed by atoms with Gasteiger partial charge in [0, 0.05) is 19.1 Å². The van der Waals surface area contributed by atoms with E-state index in [-0.39, 0.29) is 12.6 Å². The van der Waals surface area contributed by atoms with Crippen LogP contribution in [0.25, 0.3) is 0 Å². The van der Waals surface area contributed by atoms with E-state index in [0.717, 1.165) is 5.56 Å². The van der Waals surface area contributed by atoms with Crippen LogP contribution in [0.1, 0.15) is 18.5 Å². The van der Waals surface area contributed by atoms with Crippen molar-refractivity contribution in [2.45, 2.75) is 13.0 Å². The van der Waals surface area contributed by atoms with Crippen molar-refractivity contribution >= 4 is 10.2 Å². The number of nitrogens with zero attached hydrogens (tertiary/aromatic N) is 1. The summed E-state index contributed by atoms with van der Waals surface area (Å²) in [6.07, 6.45) is 0. The highest BCUT2D eigenvalue weighted by Gasteiger charge is 2.22. The maximum absolute atomic E-state index is 11.8. The first-order chi connectivity index (χ1) is 11.3. The molecule has 0 fully saturated rings. The second-order valence-corrected chi connectivity index (χ2v) is 6.87. The number of rotatable bonds is 10. The molecular weight excluding hydrogens is 334 g/mol. The van der Waals surface area contributed by atoms with Crippen molar-refractivity contribution in [1.82, 2.24) is 14.3 Å². The Morgan fingerprint density at radius 3 is 1.96 bits per heavy atom. The van der Waals surface area contributed by atoms with Crippen molar-refractivity contribution in [2.24, 2.45) is 0 Å². The van der Waals surface area contributed by atoms with Gasteiger partial charge in [-0.25, -0.2) is 9.44 Å². The lowest BCUT2D eigenvalue weighted by Crippen LogP contribution is -2.41. The number of nitrogens with one attached hydrogen (secondary N) is 2.